The van der Waals surface area contributed by atoms with Gasteiger partial charge in [-0.3, -0.25) is 0 Å². The molecule has 1 fully saturated rings. The molecule has 0 unspecified atom stereocenters. The molecule has 0 radical (unpaired) electrons. The van der Waals surface area contributed by atoms with Crippen molar-refractivity contribution in [2.45, 2.75) is 19.3 Å². The summed E-state index contributed by atoms with van der Waals surface area (Å²) in [4.78, 5) is 1.03. The molecule has 1 aliphatic heterocycles. The summed E-state index contributed by atoms with van der Waals surface area (Å²) in [6.07, 6.45) is 3.88. The fourth-order valence-corrected chi connectivity index (χ4v) is 3.21. The van der Waals surface area contributed by atoms with Crippen LogP contribution in [0.15, 0.2) is 34.1 Å². The summed E-state index contributed by atoms with van der Waals surface area (Å²) in [5.74, 6) is 1.81. The zero-order valence-electron chi connectivity index (χ0n) is 11.1. The molecule has 0 spiro atoms. The van der Waals surface area contributed by atoms with Crippen molar-refractivity contribution < 1.29 is 9.15 Å². The highest BCUT2D eigenvalue weighted by Gasteiger charge is 2.15. The van der Waals surface area contributed by atoms with Gasteiger partial charge < -0.3 is 9.15 Å². The van der Waals surface area contributed by atoms with Crippen molar-refractivity contribution in [1.29, 1.82) is 0 Å². The summed E-state index contributed by atoms with van der Waals surface area (Å²) in [7, 11) is 1.68. The summed E-state index contributed by atoms with van der Waals surface area (Å²) >= 11 is 1.69. The van der Waals surface area contributed by atoms with Crippen LogP contribution in [0.4, 0.5) is 0 Å². The maximum Gasteiger partial charge on any atom is 0.430 e. The molecule has 19 heavy (non-hydrogen) atoms. The lowest BCUT2D eigenvalue weighted by Gasteiger charge is -2.06. The van der Waals surface area contributed by atoms with Crippen LogP contribution in [0.1, 0.15) is 19.3 Å². The van der Waals surface area contributed by atoms with Crippen molar-refractivity contribution in [3.63, 3.8) is 0 Å². The van der Waals surface area contributed by atoms with Gasteiger partial charge in [-0.25, -0.2) is 0 Å². The normalized spacial score (nSPS) is 15.5. The first-order valence-corrected chi connectivity index (χ1v) is 7.56. The van der Waals surface area contributed by atoms with E-state index < -0.39 is 0 Å². The predicted octanol–water partition coefficient (Wildman–Crippen LogP) is 2.97. The van der Waals surface area contributed by atoms with Crippen LogP contribution < -0.4 is 14.2 Å². The van der Waals surface area contributed by atoms with Gasteiger partial charge in [0, 0.05) is 23.8 Å². The quantitative estimate of drug-likeness (QED) is 0.788. The highest BCUT2D eigenvalue weighted by molar-refractivity contribution is 7.07. The van der Waals surface area contributed by atoms with Gasteiger partial charge >= 0.3 is 4.87 Å². The second-order valence-corrected chi connectivity index (χ2v) is 5.56. The van der Waals surface area contributed by atoms with Crippen molar-refractivity contribution in [2.75, 3.05) is 20.2 Å². The van der Waals surface area contributed by atoms with Crippen LogP contribution >= 0.6 is 11.3 Å². The second-order valence-electron chi connectivity index (χ2n) is 4.74. The van der Waals surface area contributed by atoms with E-state index in [0.29, 0.717) is 0 Å². The Balaban J connectivity index is 1.91. The molecule has 1 aromatic carbocycles. The summed E-state index contributed by atoms with van der Waals surface area (Å²) in [6, 6.07) is 7.99. The fraction of sp³-hybridized carbons (Fsp3) is 0.400. The van der Waals surface area contributed by atoms with Crippen molar-refractivity contribution in [3.8, 4) is 17.1 Å². The summed E-state index contributed by atoms with van der Waals surface area (Å²) in [5, 5.41) is 2.09. The molecular weight excluding hydrogens is 258 g/mol. The summed E-state index contributed by atoms with van der Waals surface area (Å²) < 4.78 is 13.5. The van der Waals surface area contributed by atoms with Gasteiger partial charge in [0.25, 0.3) is 0 Å². The lowest BCUT2D eigenvalue weighted by molar-refractivity contribution is 0.393. The van der Waals surface area contributed by atoms with E-state index in [0.717, 1.165) is 35.0 Å². The average molecular weight is 276 g/mol. The average Bonchev–Trinajstić information content (AvgIpc) is 2.98. The molecule has 3 nitrogen and oxygen atoms in total. The Morgan fingerprint density at radius 2 is 1.84 bits per heavy atom. The van der Waals surface area contributed by atoms with Crippen LogP contribution in [0.2, 0.25) is 0 Å². The van der Waals surface area contributed by atoms with Crippen LogP contribution in [0, 0.1) is 0 Å². The van der Waals surface area contributed by atoms with Crippen molar-refractivity contribution >= 4 is 11.3 Å². The van der Waals surface area contributed by atoms with Gasteiger partial charge in [-0.2, -0.15) is 4.58 Å². The smallest absolute Gasteiger partial charge is 0.430 e. The molecule has 2 aromatic rings. The minimum absolute atomic E-state index is 0.871. The first kappa shape index (κ1) is 12.5. The number of nitrogens with zero attached hydrogens (tertiary/aromatic N) is 1. The number of methoxy groups -OCH3 is 1. The molecule has 0 amide bonds. The predicted molar refractivity (Wildman–Crippen MR) is 77.4 cm³/mol. The first-order valence-electron chi connectivity index (χ1n) is 6.68. The maximum absolute atomic E-state index is 5.99. The standard InChI is InChI=1S/C15H18NO2S/c1-17-13-7-5-12(6-8-13)14-11-19-15(18-14)16-9-3-2-4-10-16/h5-8,11H,2-4,9-10H2,1H3/q+1. The lowest BCUT2D eigenvalue weighted by Crippen LogP contribution is -2.32. The van der Waals surface area contributed by atoms with Gasteiger partial charge in [0.05, 0.1) is 7.11 Å². The molecular formula is C15H18NO2S+. The Bertz CT molecular complexity index is 602. The third-order valence-corrected chi connectivity index (χ3v) is 4.33. The molecule has 1 aliphatic rings. The fourth-order valence-electron chi connectivity index (χ4n) is 2.34. The Morgan fingerprint density at radius 3 is 2.53 bits per heavy atom. The zero-order valence-corrected chi connectivity index (χ0v) is 11.9. The monoisotopic (exact) mass is 276 g/mol. The number of piperidine rings is 1. The SMILES string of the molecule is COc1ccc(-c2csc(=[N+]3CCCCC3)o2)cc1. The van der Waals surface area contributed by atoms with Gasteiger partial charge in [0.2, 0.25) is 0 Å². The number of ether oxygens (including phenoxy) is 1. The third kappa shape index (κ3) is 2.73. The van der Waals surface area contributed by atoms with E-state index in [1.165, 1.54) is 19.3 Å². The molecule has 0 aliphatic carbocycles. The lowest BCUT2D eigenvalue weighted by atomic mass is 10.2. The molecule has 2 heterocycles. The first-order chi connectivity index (χ1) is 9.36. The van der Waals surface area contributed by atoms with Crippen molar-refractivity contribution in [3.05, 3.63) is 34.5 Å². The Labute approximate surface area is 116 Å². The molecule has 100 valence electrons. The molecule has 3 rings (SSSR count). The Kier molecular flexibility index (Phi) is 3.69. The third-order valence-electron chi connectivity index (χ3n) is 3.45. The van der Waals surface area contributed by atoms with E-state index in [1.807, 2.05) is 24.3 Å². The summed E-state index contributed by atoms with van der Waals surface area (Å²) in [6.45, 7) is 2.23. The van der Waals surface area contributed by atoms with Gasteiger partial charge in [0.1, 0.15) is 18.8 Å². The van der Waals surface area contributed by atoms with Crippen LogP contribution in [0.3, 0.4) is 0 Å². The minimum atomic E-state index is 0.871. The van der Waals surface area contributed by atoms with Crippen molar-refractivity contribution in [2.24, 2.45) is 0 Å². The van der Waals surface area contributed by atoms with Crippen LogP contribution in [-0.4, -0.2) is 20.2 Å². The molecule has 4 heteroatoms. The van der Waals surface area contributed by atoms with Gasteiger partial charge in [-0.1, -0.05) is 0 Å². The van der Waals surface area contributed by atoms with Crippen LogP contribution in [0.5, 0.6) is 5.75 Å². The Morgan fingerprint density at radius 1 is 1.11 bits per heavy atom. The minimum Gasteiger partial charge on any atom is -0.497 e. The zero-order chi connectivity index (χ0) is 13.1. The highest BCUT2D eigenvalue weighted by Crippen LogP contribution is 2.22. The van der Waals surface area contributed by atoms with Crippen LogP contribution in [0.25, 0.3) is 11.3 Å². The second kappa shape index (κ2) is 5.61. The van der Waals surface area contributed by atoms with Gasteiger partial charge in [0.15, 0.2) is 5.76 Å². The molecule has 0 atom stereocenters. The largest absolute Gasteiger partial charge is 0.497 e. The van der Waals surface area contributed by atoms with E-state index >= 15 is 0 Å². The van der Waals surface area contributed by atoms with Crippen molar-refractivity contribution in [1.82, 2.24) is 4.58 Å². The Hall–Kier alpha value is -1.55. The van der Waals surface area contributed by atoms with Gasteiger partial charge in [-0.05, 0) is 42.0 Å². The molecule has 0 bridgehead atoms. The van der Waals surface area contributed by atoms with Gasteiger partial charge in [-0.15, -0.1) is 0 Å². The molecule has 1 aromatic heterocycles. The van der Waals surface area contributed by atoms with E-state index in [4.69, 9.17) is 9.15 Å². The number of benzene rings is 1. The molecule has 0 saturated carbocycles. The molecule has 1 saturated heterocycles. The van der Waals surface area contributed by atoms with E-state index in [1.54, 1.807) is 18.4 Å². The summed E-state index contributed by atoms with van der Waals surface area (Å²) in [5.41, 5.74) is 1.10. The van der Waals surface area contributed by atoms with Crippen LogP contribution in [-0.2, 0) is 0 Å². The topological polar surface area (TPSA) is 25.4 Å². The number of hydrogen-bond acceptors (Lipinski definition) is 3. The van der Waals surface area contributed by atoms with E-state index in [9.17, 15) is 0 Å². The van der Waals surface area contributed by atoms with E-state index in [2.05, 4.69) is 9.96 Å². The molecule has 0 N–H and O–H groups in total. The number of rotatable bonds is 2. The maximum atomic E-state index is 5.99. The number of hydrogen-bond donors (Lipinski definition) is 0. The highest BCUT2D eigenvalue weighted by atomic mass is 32.1. The van der Waals surface area contributed by atoms with E-state index in [-0.39, 0.29) is 0 Å².